The van der Waals surface area contributed by atoms with E-state index in [9.17, 15) is 0 Å². The molecule has 0 spiro atoms. The molecule has 1 heterocycles. The number of anilines is 3. The van der Waals surface area contributed by atoms with Gasteiger partial charge in [-0.2, -0.15) is 0 Å². The number of nitrogen functional groups attached to an aromatic ring is 1. The van der Waals surface area contributed by atoms with Crippen molar-refractivity contribution in [1.82, 2.24) is 9.97 Å². The van der Waals surface area contributed by atoms with Gasteiger partial charge in [-0.25, -0.2) is 9.97 Å². The highest BCUT2D eigenvalue weighted by atomic mass is 79.9. The minimum Gasteiger partial charge on any atom is -0.383 e. The lowest BCUT2D eigenvalue weighted by Gasteiger charge is -2.12. The predicted octanol–water partition coefficient (Wildman–Crippen LogP) is 4.13. The SMILES string of the molecule is CCCc1nc(N)c(C)c(Nc2ccc(Br)c(C)c2)n1. The minimum absolute atomic E-state index is 0.541. The molecule has 4 nitrogen and oxygen atoms in total. The average molecular weight is 335 g/mol. The molecule has 20 heavy (non-hydrogen) atoms. The number of aryl methyl sites for hydroxylation is 2. The van der Waals surface area contributed by atoms with E-state index < -0.39 is 0 Å². The highest BCUT2D eigenvalue weighted by Gasteiger charge is 2.09. The van der Waals surface area contributed by atoms with Crippen LogP contribution in [-0.2, 0) is 6.42 Å². The van der Waals surface area contributed by atoms with E-state index >= 15 is 0 Å². The maximum atomic E-state index is 5.96. The van der Waals surface area contributed by atoms with Crippen LogP contribution in [0.2, 0.25) is 0 Å². The van der Waals surface area contributed by atoms with Crippen LogP contribution in [0.1, 0.15) is 30.3 Å². The first kappa shape index (κ1) is 14.8. The summed E-state index contributed by atoms with van der Waals surface area (Å²) in [5.41, 5.74) is 9.01. The summed E-state index contributed by atoms with van der Waals surface area (Å²) >= 11 is 3.50. The Kier molecular flexibility index (Phi) is 4.60. The first-order chi connectivity index (χ1) is 9.51. The second-order valence-corrected chi connectivity index (χ2v) is 5.69. The van der Waals surface area contributed by atoms with E-state index in [-0.39, 0.29) is 0 Å². The molecule has 0 aliphatic carbocycles. The number of nitrogens with one attached hydrogen (secondary N) is 1. The summed E-state index contributed by atoms with van der Waals surface area (Å²) in [6.45, 7) is 6.09. The van der Waals surface area contributed by atoms with Gasteiger partial charge in [-0.15, -0.1) is 0 Å². The lowest BCUT2D eigenvalue weighted by molar-refractivity contribution is 0.836. The van der Waals surface area contributed by atoms with Gasteiger partial charge in [0.2, 0.25) is 0 Å². The lowest BCUT2D eigenvalue weighted by Crippen LogP contribution is -2.07. The van der Waals surface area contributed by atoms with E-state index in [0.717, 1.165) is 40.2 Å². The van der Waals surface area contributed by atoms with Crippen LogP contribution in [0.3, 0.4) is 0 Å². The molecule has 1 aromatic heterocycles. The van der Waals surface area contributed by atoms with E-state index in [1.165, 1.54) is 5.56 Å². The number of nitrogens with zero attached hydrogens (tertiary/aromatic N) is 2. The zero-order valence-electron chi connectivity index (χ0n) is 12.0. The fourth-order valence-corrected chi connectivity index (χ4v) is 2.15. The monoisotopic (exact) mass is 334 g/mol. The van der Waals surface area contributed by atoms with Crippen LogP contribution in [0, 0.1) is 13.8 Å². The van der Waals surface area contributed by atoms with Crippen molar-refractivity contribution < 1.29 is 0 Å². The molecule has 0 atom stereocenters. The number of aromatic nitrogens is 2. The fourth-order valence-electron chi connectivity index (χ4n) is 1.90. The van der Waals surface area contributed by atoms with Crippen molar-refractivity contribution in [2.75, 3.05) is 11.1 Å². The molecule has 0 bridgehead atoms. The van der Waals surface area contributed by atoms with Crippen LogP contribution in [0.25, 0.3) is 0 Å². The second kappa shape index (κ2) is 6.22. The van der Waals surface area contributed by atoms with Gasteiger partial charge in [-0.3, -0.25) is 0 Å². The average Bonchev–Trinajstić information content (AvgIpc) is 2.40. The Hall–Kier alpha value is -1.62. The van der Waals surface area contributed by atoms with E-state index in [1.54, 1.807) is 0 Å². The van der Waals surface area contributed by atoms with E-state index in [0.29, 0.717) is 5.82 Å². The molecule has 0 amide bonds. The first-order valence-electron chi connectivity index (χ1n) is 6.67. The lowest BCUT2D eigenvalue weighted by atomic mass is 10.2. The molecule has 0 unspecified atom stereocenters. The molecule has 1 aromatic carbocycles. The molecule has 0 fully saturated rings. The van der Waals surface area contributed by atoms with Crippen molar-refractivity contribution in [2.45, 2.75) is 33.6 Å². The van der Waals surface area contributed by atoms with Gasteiger partial charge in [0.05, 0.1) is 0 Å². The summed E-state index contributed by atoms with van der Waals surface area (Å²) in [6, 6.07) is 6.10. The van der Waals surface area contributed by atoms with Crippen LogP contribution in [-0.4, -0.2) is 9.97 Å². The standard InChI is InChI=1S/C15H19BrN4/c1-4-5-13-19-14(17)10(3)15(20-13)18-11-6-7-12(16)9(2)8-11/h6-8H,4-5H2,1-3H3,(H3,17,18,19,20). The van der Waals surface area contributed by atoms with Gasteiger partial charge in [0.1, 0.15) is 17.5 Å². The van der Waals surface area contributed by atoms with Crippen molar-refractivity contribution in [3.8, 4) is 0 Å². The molecule has 0 saturated carbocycles. The summed E-state index contributed by atoms with van der Waals surface area (Å²) in [5.74, 6) is 2.11. The molecule has 5 heteroatoms. The number of nitrogens with two attached hydrogens (primary N) is 1. The largest absolute Gasteiger partial charge is 0.383 e. The van der Waals surface area contributed by atoms with Gasteiger partial charge in [-0.1, -0.05) is 22.9 Å². The quantitative estimate of drug-likeness (QED) is 0.882. The van der Waals surface area contributed by atoms with Crippen molar-refractivity contribution in [2.24, 2.45) is 0 Å². The van der Waals surface area contributed by atoms with Crippen LogP contribution >= 0.6 is 15.9 Å². The van der Waals surface area contributed by atoms with Crippen molar-refractivity contribution in [1.29, 1.82) is 0 Å². The fraction of sp³-hybridized carbons (Fsp3) is 0.333. The van der Waals surface area contributed by atoms with Crippen molar-refractivity contribution in [3.63, 3.8) is 0 Å². The smallest absolute Gasteiger partial charge is 0.139 e. The minimum atomic E-state index is 0.541. The van der Waals surface area contributed by atoms with Crippen molar-refractivity contribution >= 4 is 33.3 Å². The Balaban J connectivity index is 2.34. The highest BCUT2D eigenvalue weighted by Crippen LogP contribution is 2.25. The molecular formula is C15H19BrN4. The molecule has 2 rings (SSSR count). The summed E-state index contributed by atoms with van der Waals surface area (Å²) in [4.78, 5) is 8.87. The van der Waals surface area contributed by atoms with Crippen molar-refractivity contribution in [3.05, 3.63) is 39.6 Å². The molecule has 2 aromatic rings. The third kappa shape index (κ3) is 3.28. The predicted molar refractivity (Wildman–Crippen MR) is 87.3 cm³/mol. The van der Waals surface area contributed by atoms with Crippen LogP contribution in [0.4, 0.5) is 17.3 Å². The zero-order valence-corrected chi connectivity index (χ0v) is 13.6. The van der Waals surface area contributed by atoms with Gasteiger partial charge in [0.15, 0.2) is 0 Å². The molecule has 0 saturated heterocycles. The molecule has 0 aliphatic rings. The summed E-state index contributed by atoms with van der Waals surface area (Å²) in [5, 5.41) is 3.33. The topological polar surface area (TPSA) is 63.8 Å². The number of halogens is 1. The van der Waals surface area contributed by atoms with Crippen LogP contribution in [0.15, 0.2) is 22.7 Å². The second-order valence-electron chi connectivity index (χ2n) is 4.84. The Bertz CT molecular complexity index is 626. The van der Waals surface area contributed by atoms with E-state index in [1.807, 2.05) is 19.1 Å². The Morgan fingerprint density at radius 3 is 2.65 bits per heavy atom. The Morgan fingerprint density at radius 1 is 1.25 bits per heavy atom. The molecule has 106 valence electrons. The molecule has 0 radical (unpaired) electrons. The Morgan fingerprint density at radius 2 is 2.00 bits per heavy atom. The molecule has 0 aliphatic heterocycles. The number of rotatable bonds is 4. The van der Waals surface area contributed by atoms with Crippen LogP contribution < -0.4 is 11.1 Å². The third-order valence-electron chi connectivity index (χ3n) is 3.12. The normalized spacial score (nSPS) is 10.6. The summed E-state index contributed by atoms with van der Waals surface area (Å²) in [7, 11) is 0. The van der Waals surface area contributed by atoms with Gasteiger partial charge >= 0.3 is 0 Å². The number of hydrogen-bond donors (Lipinski definition) is 2. The van der Waals surface area contributed by atoms with Gasteiger partial charge in [0, 0.05) is 22.1 Å². The Labute approximate surface area is 128 Å². The van der Waals surface area contributed by atoms with Gasteiger partial charge in [0.25, 0.3) is 0 Å². The maximum absolute atomic E-state index is 5.96. The highest BCUT2D eigenvalue weighted by molar-refractivity contribution is 9.10. The van der Waals surface area contributed by atoms with E-state index in [2.05, 4.69) is 51.1 Å². The van der Waals surface area contributed by atoms with Gasteiger partial charge < -0.3 is 11.1 Å². The van der Waals surface area contributed by atoms with E-state index in [4.69, 9.17) is 5.73 Å². The maximum Gasteiger partial charge on any atom is 0.139 e. The number of hydrogen-bond acceptors (Lipinski definition) is 4. The van der Waals surface area contributed by atoms with Gasteiger partial charge in [-0.05, 0) is 44.0 Å². The molecule has 3 N–H and O–H groups in total. The molecular weight excluding hydrogens is 316 g/mol. The zero-order chi connectivity index (χ0) is 14.7. The summed E-state index contributed by atoms with van der Waals surface area (Å²) < 4.78 is 1.09. The number of benzene rings is 1. The first-order valence-corrected chi connectivity index (χ1v) is 7.46. The van der Waals surface area contributed by atoms with Crippen LogP contribution in [0.5, 0.6) is 0 Å². The summed E-state index contributed by atoms with van der Waals surface area (Å²) in [6.07, 6.45) is 1.83. The third-order valence-corrected chi connectivity index (χ3v) is 4.01.